The van der Waals surface area contributed by atoms with E-state index in [9.17, 15) is 4.79 Å². The van der Waals surface area contributed by atoms with Gasteiger partial charge in [0, 0.05) is 5.56 Å². The molecule has 1 amide bonds. The van der Waals surface area contributed by atoms with Crippen LogP contribution in [0.25, 0.3) is 0 Å². The minimum Gasteiger partial charge on any atom is -0.480 e. The highest BCUT2D eigenvalue weighted by atomic mass is 16.5. The number of aromatic amines is 1. The average Bonchev–Trinajstić information content (AvgIpc) is 3.18. The first-order chi connectivity index (χ1) is 13.1. The van der Waals surface area contributed by atoms with Crippen LogP contribution in [0.2, 0.25) is 0 Å². The first kappa shape index (κ1) is 21.9. The lowest BCUT2D eigenvalue weighted by atomic mass is 9.76. The van der Waals surface area contributed by atoms with Gasteiger partial charge in [0.15, 0.2) is 6.10 Å². The quantitative estimate of drug-likeness (QED) is 0.637. The summed E-state index contributed by atoms with van der Waals surface area (Å²) >= 11 is 0. The molecule has 1 atom stereocenters. The van der Waals surface area contributed by atoms with Gasteiger partial charge in [0.05, 0.1) is 0 Å². The van der Waals surface area contributed by atoms with E-state index in [1.165, 1.54) is 11.9 Å². The normalized spacial score (nSPS) is 13.2. The number of amides is 1. The second-order valence-electron chi connectivity index (χ2n) is 8.52. The summed E-state index contributed by atoms with van der Waals surface area (Å²) in [7, 11) is 0. The molecule has 1 aromatic heterocycles. The molecule has 2 aromatic rings. The summed E-state index contributed by atoms with van der Waals surface area (Å²) in [6.07, 6.45) is 3.32. The number of H-pyrrole nitrogens is 1. The minimum atomic E-state index is -0.610. The molecule has 28 heavy (non-hydrogen) atoms. The van der Waals surface area contributed by atoms with E-state index >= 15 is 0 Å². The topological polar surface area (TPSA) is 79.9 Å². The number of ether oxygens (including phenoxy) is 1. The molecule has 0 bridgehead atoms. The van der Waals surface area contributed by atoms with E-state index in [1.54, 1.807) is 0 Å². The number of carbonyl (C=O) groups excluding carboxylic acids is 1. The zero-order chi connectivity index (χ0) is 20.9. The van der Waals surface area contributed by atoms with Crippen molar-refractivity contribution in [2.75, 3.05) is 5.32 Å². The standard InChI is InChI=1S/C22H34N4O2/c1-8-17(19(27)25-20-23-14-24-26-20)28-18-12-11-15(21(4,5)9-2)13-16(18)22(6,7)10-3/h11-14,17H,8-10H2,1-7H3,(H2,23,24,25,26,27). The fourth-order valence-corrected chi connectivity index (χ4v) is 2.92. The molecule has 1 aromatic carbocycles. The summed E-state index contributed by atoms with van der Waals surface area (Å²) in [4.78, 5) is 16.6. The van der Waals surface area contributed by atoms with Crippen molar-refractivity contribution >= 4 is 11.9 Å². The maximum absolute atomic E-state index is 12.6. The molecule has 0 radical (unpaired) electrons. The van der Waals surface area contributed by atoms with Gasteiger partial charge in [-0.05, 0) is 41.7 Å². The van der Waals surface area contributed by atoms with Crippen molar-refractivity contribution in [2.24, 2.45) is 0 Å². The van der Waals surface area contributed by atoms with Gasteiger partial charge in [0.25, 0.3) is 5.91 Å². The number of nitrogens with zero attached hydrogens (tertiary/aromatic N) is 2. The van der Waals surface area contributed by atoms with Gasteiger partial charge in [-0.3, -0.25) is 10.1 Å². The highest BCUT2D eigenvalue weighted by Gasteiger charge is 2.29. The molecule has 6 nitrogen and oxygen atoms in total. The van der Waals surface area contributed by atoms with Crippen LogP contribution in [0.15, 0.2) is 24.5 Å². The Kier molecular flexibility index (Phi) is 6.86. The molecule has 0 aliphatic rings. The number of aromatic nitrogens is 3. The SMILES string of the molecule is CCC(Oc1ccc(C(C)(C)CC)cc1C(C)(C)CC)C(=O)Nc1ncn[nH]1. The fraction of sp³-hybridized carbons (Fsp3) is 0.591. The van der Waals surface area contributed by atoms with Crippen LogP contribution in [0.3, 0.4) is 0 Å². The van der Waals surface area contributed by atoms with Crippen molar-refractivity contribution in [3.63, 3.8) is 0 Å². The predicted octanol–water partition coefficient (Wildman–Crippen LogP) is 4.98. The summed E-state index contributed by atoms with van der Waals surface area (Å²) < 4.78 is 6.22. The van der Waals surface area contributed by atoms with Gasteiger partial charge < -0.3 is 4.74 Å². The molecule has 0 spiro atoms. The molecule has 0 saturated carbocycles. The Bertz CT molecular complexity index is 782. The molecule has 0 aliphatic heterocycles. The summed E-state index contributed by atoms with van der Waals surface area (Å²) in [6.45, 7) is 15.3. The van der Waals surface area contributed by atoms with Gasteiger partial charge in [-0.2, -0.15) is 10.1 Å². The molecule has 1 unspecified atom stereocenters. The number of carbonyl (C=O) groups is 1. The highest BCUT2D eigenvalue weighted by Crippen LogP contribution is 2.39. The zero-order valence-electron chi connectivity index (χ0n) is 18.2. The summed E-state index contributed by atoms with van der Waals surface area (Å²) in [5, 5.41) is 9.11. The Morgan fingerprint density at radius 1 is 1.14 bits per heavy atom. The van der Waals surface area contributed by atoms with Gasteiger partial charge in [-0.25, -0.2) is 5.10 Å². The number of rotatable bonds is 9. The lowest BCUT2D eigenvalue weighted by Crippen LogP contribution is -2.33. The summed E-state index contributed by atoms with van der Waals surface area (Å²) in [5.74, 6) is 0.848. The third-order valence-electron chi connectivity index (χ3n) is 5.85. The van der Waals surface area contributed by atoms with E-state index in [-0.39, 0.29) is 16.7 Å². The number of nitrogens with one attached hydrogen (secondary N) is 2. The Labute approximate surface area is 168 Å². The maximum Gasteiger partial charge on any atom is 0.267 e. The Morgan fingerprint density at radius 2 is 1.82 bits per heavy atom. The molecule has 154 valence electrons. The highest BCUT2D eigenvalue weighted by molar-refractivity contribution is 5.92. The lowest BCUT2D eigenvalue weighted by molar-refractivity contribution is -0.122. The van der Waals surface area contributed by atoms with E-state index in [2.05, 4.69) is 74.2 Å². The molecule has 2 N–H and O–H groups in total. The monoisotopic (exact) mass is 386 g/mol. The van der Waals surface area contributed by atoms with Gasteiger partial charge in [-0.1, -0.05) is 60.6 Å². The second kappa shape index (κ2) is 8.76. The maximum atomic E-state index is 12.6. The van der Waals surface area contributed by atoms with Gasteiger partial charge in [-0.15, -0.1) is 0 Å². The van der Waals surface area contributed by atoms with Gasteiger partial charge >= 0.3 is 0 Å². The van der Waals surface area contributed by atoms with Crippen molar-refractivity contribution in [1.29, 1.82) is 0 Å². The van der Waals surface area contributed by atoms with E-state index in [0.29, 0.717) is 12.4 Å². The molecular weight excluding hydrogens is 352 g/mol. The van der Waals surface area contributed by atoms with Crippen molar-refractivity contribution < 1.29 is 9.53 Å². The van der Waals surface area contributed by atoms with E-state index in [4.69, 9.17) is 4.74 Å². The zero-order valence-corrected chi connectivity index (χ0v) is 18.2. The van der Waals surface area contributed by atoms with Crippen LogP contribution in [-0.4, -0.2) is 27.2 Å². The summed E-state index contributed by atoms with van der Waals surface area (Å²) in [5.41, 5.74) is 2.46. The van der Waals surface area contributed by atoms with Crippen molar-refractivity contribution in [1.82, 2.24) is 15.2 Å². The Hall–Kier alpha value is -2.37. The molecular formula is C22H34N4O2. The molecule has 6 heteroatoms. The van der Waals surface area contributed by atoms with Crippen LogP contribution in [-0.2, 0) is 15.6 Å². The first-order valence-corrected chi connectivity index (χ1v) is 10.1. The van der Waals surface area contributed by atoms with Crippen molar-refractivity contribution in [3.05, 3.63) is 35.7 Å². The largest absolute Gasteiger partial charge is 0.480 e. The first-order valence-electron chi connectivity index (χ1n) is 10.1. The smallest absolute Gasteiger partial charge is 0.267 e. The molecule has 2 rings (SSSR count). The second-order valence-corrected chi connectivity index (χ2v) is 8.52. The molecule has 0 saturated heterocycles. The van der Waals surface area contributed by atoms with Crippen LogP contribution in [0.4, 0.5) is 5.95 Å². The molecule has 1 heterocycles. The van der Waals surface area contributed by atoms with Gasteiger partial charge in [0.2, 0.25) is 5.95 Å². The van der Waals surface area contributed by atoms with E-state index in [0.717, 1.165) is 24.2 Å². The number of benzene rings is 1. The summed E-state index contributed by atoms with van der Waals surface area (Å²) in [6, 6.07) is 6.39. The molecule has 0 aliphatic carbocycles. The van der Waals surface area contributed by atoms with E-state index in [1.807, 2.05) is 13.0 Å². The van der Waals surface area contributed by atoms with Crippen molar-refractivity contribution in [2.45, 2.75) is 84.7 Å². The van der Waals surface area contributed by atoms with Gasteiger partial charge in [0.1, 0.15) is 12.1 Å². The average molecular weight is 387 g/mol. The van der Waals surface area contributed by atoms with E-state index < -0.39 is 6.10 Å². The third-order valence-corrected chi connectivity index (χ3v) is 5.85. The van der Waals surface area contributed by atoms with Crippen LogP contribution >= 0.6 is 0 Å². The minimum absolute atomic E-state index is 0.0607. The number of hydrogen-bond acceptors (Lipinski definition) is 4. The van der Waals surface area contributed by atoms with Crippen LogP contribution in [0, 0.1) is 0 Å². The number of hydrogen-bond donors (Lipinski definition) is 2. The molecule has 0 fully saturated rings. The van der Waals surface area contributed by atoms with Crippen LogP contribution in [0.5, 0.6) is 5.75 Å². The lowest BCUT2D eigenvalue weighted by Gasteiger charge is -2.31. The third kappa shape index (κ3) is 4.91. The van der Waals surface area contributed by atoms with Crippen LogP contribution < -0.4 is 10.1 Å². The Balaban J connectivity index is 2.35. The van der Waals surface area contributed by atoms with Crippen molar-refractivity contribution in [3.8, 4) is 5.75 Å². The number of anilines is 1. The Morgan fingerprint density at radius 3 is 2.36 bits per heavy atom. The predicted molar refractivity (Wildman–Crippen MR) is 113 cm³/mol. The van der Waals surface area contributed by atoms with Crippen LogP contribution in [0.1, 0.15) is 78.9 Å². The fourth-order valence-electron chi connectivity index (χ4n) is 2.92.